The molecule has 3 rings (SSSR count). The topological polar surface area (TPSA) is 38.3 Å². The molecule has 3 heteroatoms. The molecule has 3 aromatic rings. The molecule has 0 saturated heterocycles. The second-order valence-electron chi connectivity index (χ2n) is 5.02. The van der Waals surface area contributed by atoms with Crippen molar-refractivity contribution in [2.75, 3.05) is 11.9 Å². The Labute approximate surface area is 129 Å². The Morgan fingerprint density at radius 3 is 2.41 bits per heavy atom. The van der Waals surface area contributed by atoms with Crippen LogP contribution in [-0.4, -0.2) is 12.5 Å². The maximum atomic E-state index is 11.8. The molecule has 3 aromatic carbocycles. The van der Waals surface area contributed by atoms with Crippen LogP contribution < -0.4 is 10.1 Å². The third-order valence-electron chi connectivity index (χ3n) is 3.38. The lowest BCUT2D eigenvalue weighted by molar-refractivity contribution is -0.116. The van der Waals surface area contributed by atoms with E-state index in [0.717, 1.165) is 16.8 Å². The molecule has 0 unspecified atom stereocenters. The van der Waals surface area contributed by atoms with Crippen LogP contribution in [0.15, 0.2) is 72.8 Å². The SMILES string of the molecule is O=C(CCOc1ccc2ccccc2c1)Nc1ccccc1. The number of ether oxygens (including phenoxy) is 1. The number of benzene rings is 3. The fraction of sp³-hybridized carbons (Fsp3) is 0.105. The van der Waals surface area contributed by atoms with Crippen molar-refractivity contribution in [1.82, 2.24) is 0 Å². The largest absolute Gasteiger partial charge is 0.493 e. The van der Waals surface area contributed by atoms with Crippen molar-refractivity contribution in [2.24, 2.45) is 0 Å². The molecule has 0 aliphatic carbocycles. The monoisotopic (exact) mass is 291 g/mol. The van der Waals surface area contributed by atoms with Gasteiger partial charge in [-0.05, 0) is 35.0 Å². The number of carbonyl (C=O) groups excluding carboxylic acids is 1. The number of amides is 1. The van der Waals surface area contributed by atoms with Gasteiger partial charge in [0, 0.05) is 5.69 Å². The highest BCUT2D eigenvalue weighted by atomic mass is 16.5. The summed E-state index contributed by atoms with van der Waals surface area (Å²) in [6, 6.07) is 23.5. The first-order valence-electron chi connectivity index (χ1n) is 7.28. The zero-order chi connectivity index (χ0) is 15.2. The van der Waals surface area contributed by atoms with Crippen LogP contribution in [0, 0.1) is 0 Å². The summed E-state index contributed by atoms with van der Waals surface area (Å²) in [5.41, 5.74) is 0.804. The normalized spacial score (nSPS) is 10.4. The van der Waals surface area contributed by atoms with E-state index < -0.39 is 0 Å². The smallest absolute Gasteiger partial charge is 0.227 e. The number of rotatable bonds is 5. The molecule has 0 radical (unpaired) electrons. The summed E-state index contributed by atoms with van der Waals surface area (Å²) >= 11 is 0. The molecule has 0 bridgehead atoms. The Balaban J connectivity index is 1.52. The molecule has 0 aliphatic heterocycles. The molecule has 0 saturated carbocycles. The Morgan fingerprint density at radius 1 is 0.864 bits per heavy atom. The van der Waals surface area contributed by atoms with Crippen LogP contribution in [0.3, 0.4) is 0 Å². The van der Waals surface area contributed by atoms with Gasteiger partial charge >= 0.3 is 0 Å². The van der Waals surface area contributed by atoms with Crippen molar-refractivity contribution in [3.63, 3.8) is 0 Å². The first kappa shape index (κ1) is 14.1. The number of nitrogens with one attached hydrogen (secondary N) is 1. The van der Waals surface area contributed by atoms with E-state index in [2.05, 4.69) is 11.4 Å². The van der Waals surface area contributed by atoms with E-state index in [-0.39, 0.29) is 5.91 Å². The van der Waals surface area contributed by atoms with Crippen LogP contribution in [0.25, 0.3) is 10.8 Å². The van der Waals surface area contributed by atoms with Gasteiger partial charge in [-0.15, -0.1) is 0 Å². The summed E-state index contributed by atoms with van der Waals surface area (Å²) in [6.07, 6.45) is 0.321. The lowest BCUT2D eigenvalue weighted by atomic mass is 10.1. The van der Waals surface area contributed by atoms with Crippen molar-refractivity contribution in [1.29, 1.82) is 0 Å². The molecule has 110 valence electrons. The molecular weight excluding hydrogens is 274 g/mol. The quantitative estimate of drug-likeness (QED) is 0.763. The van der Waals surface area contributed by atoms with Crippen LogP contribution >= 0.6 is 0 Å². The number of fused-ring (bicyclic) bond motifs is 1. The highest BCUT2D eigenvalue weighted by Gasteiger charge is 2.03. The van der Waals surface area contributed by atoms with Gasteiger partial charge in [-0.1, -0.05) is 48.5 Å². The van der Waals surface area contributed by atoms with E-state index in [9.17, 15) is 4.79 Å². The van der Waals surface area contributed by atoms with Crippen LogP contribution in [0.1, 0.15) is 6.42 Å². The standard InChI is InChI=1S/C19H17NO2/c21-19(20-17-8-2-1-3-9-17)12-13-22-18-11-10-15-6-4-5-7-16(15)14-18/h1-11,14H,12-13H2,(H,20,21). The first-order chi connectivity index (χ1) is 10.8. The predicted molar refractivity (Wildman–Crippen MR) is 89.1 cm³/mol. The van der Waals surface area contributed by atoms with Gasteiger partial charge in [0.25, 0.3) is 0 Å². The fourth-order valence-corrected chi connectivity index (χ4v) is 2.26. The number of carbonyl (C=O) groups is 1. The number of para-hydroxylation sites is 1. The highest BCUT2D eigenvalue weighted by Crippen LogP contribution is 2.20. The summed E-state index contributed by atoms with van der Waals surface area (Å²) in [7, 11) is 0. The molecule has 1 N–H and O–H groups in total. The van der Waals surface area contributed by atoms with Crippen LogP contribution in [0.2, 0.25) is 0 Å². The van der Waals surface area contributed by atoms with Gasteiger partial charge in [-0.2, -0.15) is 0 Å². The minimum atomic E-state index is -0.0491. The minimum Gasteiger partial charge on any atom is -0.493 e. The maximum absolute atomic E-state index is 11.8. The maximum Gasteiger partial charge on any atom is 0.227 e. The highest BCUT2D eigenvalue weighted by molar-refractivity contribution is 5.90. The lowest BCUT2D eigenvalue weighted by Crippen LogP contribution is -2.15. The molecule has 0 fully saturated rings. The van der Waals surface area contributed by atoms with Gasteiger partial charge in [0.05, 0.1) is 13.0 Å². The van der Waals surface area contributed by atoms with Crippen LogP contribution in [0.4, 0.5) is 5.69 Å². The van der Waals surface area contributed by atoms with E-state index in [1.807, 2.05) is 66.7 Å². The molecule has 0 atom stereocenters. The number of hydrogen-bond acceptors (Lipinski definition) is 2. The average molecular weight is 291 g/mol. The Morgan fingerprint density at radius 2 is 1.59 bits per heavy atom. The van der Waals surface area contributed by atoms with Crippen molar-refractivity contribution in [2.45, 2.75) is 6.42 Å². The number of hydrogen-bond donors (Lipinski definition) is 1. The van der Waals surface area contributed by atoms with E-state index in [1.165, 1.54) is 5.39 Å². The molecule has 0 spiro atoms. The van der Waals surface area contributed by atoms with Crippen molar-refractivity contribution in [3.8, 4) is 5.75 Å². The summed E-state index contributed by atoms with van der Waals surface area (Å²) in [4.78, 5) is 11.8. The van der Waals surface area contributed by atoms with Crippen LogP contribution in [-0.2, 0) is 4.79 Å². The van der Waals surface area contributed by atoms with E-state index >= 15 is 0 Å². The minimum absolute atomic E-state index is 0.0491. The number of anilines is 1. The first-order valence-corrected chi connectivity index (χ1v) is 7.28. The predicted octanol–water partition coefficient (Wildman–Crippen LogP) is 4.25. The molecule has 0 heterocycles. The zero-order valence-electron chi connectivity index (χ0n) is 12.2. The van der Waals surface area contributed by atoms with Crippen molar-refractivity contribution >= 4 is 22.4 Å². The molecule has 1 amide bonds. The van der Waals surface area contributed by atoms with Gasteiger partial charge in [-0.25, -0.2) is 0 Å². The Kier molecular flexibility index (Phi) is 4.35. The van der Waals surface area contributed by atoms with Crippen LogP contribution in [0.5, 0.6) is 5.75 Å². The summed E-state index contributed by atoms with van der Waals surface area (Å²) in [5.74, 6) is 0.734. The third-order valence-corrected chi connectivity index (χ3v) is 3.38. The molecule has 0 aliphatic rings. The Hall–Kier alpha value is -2.81. The second kappa shape index (κ2) is 6.76. The van der Waals surface area contributed by atoms with E-state index in [1.54, 1.807) is 0 Å². The fourth-order valence-electron chi connectivity index (χ4n) is 2.26. The van der Waals surface area contributed by atoms with E-state index in [0.29, 0.717) is 13.0 Å². The summed E-state index contributed by atoms with van der Waals surface area (Å²) < 4.78 is 5.66. The molecule has 22 heavy (non-hydrogen) atoms. The van der Waals surface area contributed by atoms with Crippen molar-refractivity contribution < 1.29 is 9.53 Å². The lowest BCUT2D eigenvalue weighted by Gasteiger charge is -2.08. The Bertz CT molecular complexity index is 769. The second-order valence-corrected chi connectivity index (χ2v) is 5.02. The summed E-state index contributed by atoms with van der Waals surface area (Å²) in [6.45, 7) is 0.358. The van der Waals surface area contributed by atoms with Gasteiger partial charge < -0.3 is 10.1 Å². The van der Waals surface area contributed by atoms with E-state index in [4.69, 9.17) is 4.74 Å². The summed E-state index contributed by atoms with van der Waals surface area (Å²) in [5, 5.41) is 5.15. The average Bonchev–Trinajstić information content (AvgIpc) is 2.55. The van der Waals surface area contributed by atoms with Crippen molar-refractivity contribution in [3.05, 3.63) is 72.8 Å². The molecule has 0 aromatic heterocycles. The van der Waals surface area contributed by atoms with Gasteiger partial charge in [0.2, 0.25) is 5.91 Å². The zero-order valence-corrected chi connectivity index (χ0v) is 12.2. The molecule has 3 nitrogen and oxygen atoms in total. The van der Waals surface area contributed by atoms with Gasteiger partial charge in [-0.3, -0.25) is 4.79 Å². The van der Waals surface area contributed by atoms with Gasteiger partial charge in [0.1, 0.15) is 5.75 Å². The third kappa shape index (κ3) is 3.64. The van der Waals surface area contributed by atoms with Gasteiger partial charge in [0.15, 0.2) is 0 Å². The molecular formula is C19H17NO2.